The number of hydrogen-bond acceptors (Lipinski definition) is 6. The van der Waals surface area contributed by atoms with Crippen LogP contribution in [0.2, 0.25) is 0 Å². The normalized spacial score (nSPS) is 13.1. The Balaban J connectivity index is 1.56. The van der Waals surface area contributed by atoms with E-state index in [-0.39, 0.29) is 29.9 Å². The van der Waals surface area contributed by atoms with Crippen LogP contribution in [-0.4, -0.2) is 60.7 Å². The van der Waals surface area contributed by atoms with Crippen molar-refractivity contribution in [2.24, 2.45) is 0 Å². The molecule has 0 amide bonds. The molecule has 2 aromatic carbocycles. The van der Waals surface area contributed by atoms with E-state index in [0.717, 1.165) is 24.8 Å². The van der Waals surface area contributed by atoms with Crippen LogP contribution in [0, 0.1) is 0 Å². The van der Waals surface area contributed by atoms with Gasteiger partial charge in [-0.3, -0.25) is 4.79 Å². The number of aliphatic carboxylic acids is 1. The molecule has 0 aliphatic rings. The Kier molecular flexibility index (Phi) is 10.0. The first-order valence-corrected chi connectivity index (χ1v) is 14.6. The number of thiophene rings is 1. The van der Waals surface area contributed by atoms with Crippen LogP contribution >= 0.6 is 11.3 Å². The summed E-state index contributed by atoms with van der Waals surface area (Å²) in [7, 11) is -2.34. The fraction of sp³-hybridized carbons (Fsp3) is 0.393. The van der Waals surface area contributed by atoms with Gasteiger partial charge in [0.2, 0.25) is 10.0 Å². The third-order valence-electron chi connectivity index (χ3n) is 6.27. The summed E-state index contributed by atoms with van der Waals surface area (Å²) in [4.78, 5) is 12.4. The van der Waals surface area contributed by atoms with Crippen LogP contribution in [0.1, 0.15) is 37.1 Å². The summed E-state index contributed by atoms with van der Waals surface area (Å²) in [6.07, 6.45) is 2.07. The lowest BCUT2D eigenvalue weighted by Crippen LogP contribution is -2.46. The topological polar surface area (TPSA) is 107 Å². The van der Waals surface area contributed by atoms with E-state index >= 15 is 0 Å². The Labute approximate surface area is 223 Å². The van der Waals surface area contributed by atoms with Crippen molar-refractivity contribution in [3.8, 4) is 11.1 Å². The van der Waals surface area contributed by atoms with E-state index in [1.165, 1.54) is 22.3 Å². The Hall–Kier alpha value is -2.56. The number of aliphatic hydroxyl groups is 1. The van der Waals surface area contributed by atoms with Gasteiger partial charge >= 0.3 is 5.97 Å². The molecule has 37 heavy (non-hydrogen) atoms. The molecule has 3 N–H and O–H groups in total. The number of nitrogens with zero attached hydrogens (tertiary/aromatic N) is 1. The first kappa shape index (κ1) is 29.0. The molecule has 0 spiro atoms. The summed E-state index contributed by atoms with van der Waals surface area (Å²) >= 11 is 1.76. The molecule has 1 aromatic heterocycles. The number of aliphatic hydroxyl groups excluding tert-OH is 1. The van der Waals surface area contributed by atoms with Crippen LogP contribution in [0.15, 0.2) is 70.9 Å². The number of hydrogen-bond donors (Lipinski definition) is 3. The largest absolute Gasteiger partial charge is 0.481 e. The Morgan fingerprint density at radius 2 is 1.81 bits per heavy atom. The van der Waals surface area contributed by atoms with Crippen molar-refractivity contribution in [3.63, 3.8) is 0 Å². The monoisotopic (exact) mass is 544 g/mol. The van der Waals surface area contributed by atoms with Gasteiger partial charge in [-0.25, -0.2) is 8.42 Å². The zero-order valence-electron chi connectivity index (χ0n) is 21.6. The van der Waals surface area contributed by atoms with Gasteiger partial charge in [-0.1, -0.05) is 42.5 Å². The van der Waals surface area contributed by atoms with E-state index in [2.05, 4.69) is 36.7 Å². The number of sulfonamides is 1. The Morgan fingerprint density at radius 3 is 2.46 bits per heavy atom. The zero-order chi connectivity index (χ0) is 27.1. The highest BCUT2D eigenvalue weighted by Gasteiger charge is 2.25. The summed E-state index contributed by atoms with van der Waals surface area (Å²) in [5.74, 6) is -0.904. The number of benzene rings is 2. The standard InChI is InChI=1S/C28H36N2O5S2/c1-28(2,15-5-8-25-9-6-16-36-25)29-19-24(31)20-30(3)37(34,35)26-10-4-7-23(18-26)22-13-11-21(12-14-22)17-27(32)33/h4,6-7,9-14,16,18,24,29,31H,5,8,15,17,19-20H2,1-3H3,(H,32,33). The van der Waals surface area contributed by atoms with Crippen LogP contribution < -0.4 is 5.32 Å². The maximum atomic E-state index is 13.2. The average Bonchev–Trinajstić information content (AvgIpc) is 3.36. The zero-order valence-corrected chi connectivity index (χ0v) is 23.2. The molecule has 0 aliphatic heterocycles. The van der Waals surface area contributed by atoms with Gasteiger partial charge in [0.15, 0.2) is 0 Å². The summed E-state index contributed by atoms with van der Waals surface area (Å²) in [6.45, 7) is 4.44. The number of carbonyl (C=O) groups is 1. The summed E-state index contributed by atoms with van der Waals surface area (Å²) < 4.78 is 27.6. The molecule has 0 saturated heterocycles. The van der Waals surface area contributed by atoms with Gasteiger partial charge in [0, 0.05) is 30.6 Å². The van der Waals surface area contributed by atoms with Crippen LogP contribution in [0.5, 0.6) is 0 Å². The van der Waals surface area contributed by atoms with Crippen molar-refractivity contribution >= 4 is 27.3 Å². The highest BCUT2D eigenvalue weighted by molar-refractivity contribution is 7.89. The van der Waals surface area contributed by atoms with E-state index in [1.54, 1.807) is 47.7 Å². The van der Waals surface area contributed by atoms with Gasteiger partial charge in [0.05, 0.1) is 17.4 Å². The molecule has 1 atom stereocenters. The highest BCUT2D eigenvalue weighted by Crippen LogP contribution is 2.25. The van der Waals surface area contributed by atoms with Crippen molar-refractivity contribution in [1.82, 2.24) is 9.62 Å². The number of aryl methyl sites for hydroxylation is 1. The smallest absolute Gasteiger partial charge is 0.307 e. The number of carboxylic acids is 1. The van der Waals surface area contributed by atoms with Crippen molar-refractivity contribution < 1.29 is 23.4 Å². The quantitative estimate of drug-likeness (QED) is 0.278. The molecule has 0 fully saturated rings. The van der Waals surface area contributed by atoms with Gasteiger partial charge in [0.25, 0.3) is 0 Å². The molecule has 0 radical (unpaired) electrons. The second-order valence-corrected chi connectivity index (χ2v) is 13.0. The third kappa shape index (κ3) is 8.76. The minimum absolute atomic E-state index is 0.0330. The molecular weight excluding hydrogens is 508 g/mol. The Morgan fingerprint density at radius 1 is 1.08 bits per heavy atom. The summed E-state index contributed by atoms with van der Waals surface area (Å²) in [6, 6.07) is 17.8. The molecular formula is C28H36N2O5S2. The van der Waals surface area contributed by atoms with Gasteiger partial charge in [0.1, 0.15) is 0 Å². The molecule has 200 valence electrons. The maximum absolute atomic E-state index is 13.2. The third-order valence-corrected chi connectivity index (χ3v) is 9.03. The minimum Gasteiger partial charge on any atom is -0.481 e. The van der Waals surface area contributed by atoms with Crippen LogP contribution in [0.4, 0.5) is 0 Å². The molecule has 0 bridgehead atoms. The lowest BCUT2D eigenvalue weighted by atomic mass is 9.96. The predicted molar refractivity (Wildman–Crippen MR) is 148 cm³/mol. The molecule has 1 unspecified atom stereocenters. The molecule has 7 nitrogen and oxygen atoms in total. The van der Waals surface area contributed by atoms with Gasteiger partial charge in [-0.15, -0.1) is 11.3 Å². The molecule has 1 heterocycles. The van der Waals surface area contributed by atoms with Crippen molar-refractivity contribution in [2.45, 2.75) is 56.1 Å². The van der Waals surface area contributed by atoms with Crippen LogP contribution in [-0.2, 0) is 27.7 Å². The van der Waals surface area contributed by atoms with Crippen molar-refractivity contribution in [1.29, 1.82) is 0 Å². The highest BCUT2D eigenvalue weighted by atomic mass is 32.2. The van der Waals surface area contributed by atoms with E-state index in [4.69, 9.17) is 5.11 Å². The van der Waals surface area contributed by atoms with Crippen molar-refractivity contribution in [2.75, 3.05) is 20.1 Å². The lowest BCUT2D eigenvalue weighted by Gasteiger charge is -2.29. The molecule has 0 saturated carbocycles. The number of likely N-dealkylation sites (N-methyl/N-ethyl adjacent to an activating group) is 1. The van der Waals surface area contributed by atoms with Crippen LogP contribution in [0.3, 0.4) is 0 Å². The first-order chi connectivity index (χ1) is 17.5. The van der Waals surface area contributed by atoms with E-state index < -0.39 is 22.1 Å². The SMILES string of the molecule is CN(CC(O)CNC(C)(C)CCCc1cccs1)S(=O)(=O)c1cccc(-c2ccc(CC(=O)O)cc2)c1. The Bertz CT molecular complexity index is 1260. The second kappa shape index (κ2) is 12.8. The molecule has 9 heteroatoms. The second-order valence-electron chi connectivity index (χ2n) is 9.93. The van der Waals surface area contributed by atoms with Gasteiger partial charge < -0.3 is 15.5 Å². The number of β-amino-alcohol motifs (C(OH)–C–C–N with tert-alkyl or cyclic N) is 1. The molecule has 3 rings (SSSR count). The predicted octanol–water partition coefficient (Wildman–Crippen LogP) is 4.41. The fourth-order valence-corrected chi connectivity index (χ4v) is 6.11. The first-order valence-electron chi connectivity index (χ1n) is 12.3. The molecule has 0 aliphatic carbocycles. The fourth-order valence-electron chi connectivity index (χ4n) is 4.11. The lowest BCUT2D eigenvalue weighted by molar-refractivity contribution is -0.136. The van der Waals surface area contributed by atoms with Gasteiger partial charge in [-0.2, -0.15) is 4.31 Å². The van der Waals surface area contributed by atoms with Crippen LogP contribution in [0.25, 0.3) is 11.1 Å². The van der Waals surface area contributed by atoms with Gasteiger partial charge in [-0.05, 0) is 73.4 Å². The van der Waals surface area contributed by atoms with E-state index in [9.17, 15) is 18.3 Å². The van der Waals surface area contributed by atoms with E-state index in [1.807, 2.05) is 6.07 Å². The maximum Gasteiger partial charge on any atom is 0.307 e. The van der Waals surface area contributed by atoms with Crippen molar-refractivity contribution in [3.05, 3.63) is 76.5 Å². The van der Waals surface area contributed by atoms with E-state index in [0.29, 0.717) is 11.1 Å². The number of nitrogens with one attached hydrogen (secondary N) is 1. The molecule has 3 aromatic rings. The average molecular weight is 545 g/mol. The number of rotatable bonds is 14. The minimum atomic E-state index is -3.81. The number of carboxylic acid groups (broad SMARTS) is 1. The summed E-state index contributed by atoms with van der Waals surface area (Å²) in [5, 5.41) is 25.0. The summed E-state index contributed by atoms with van der Waals surface area (Å²) in [5.41, 5.74) is 2.00.